The van der Waals surface area contributed by atoms with Gasteiger partial charge < -0.3 is 10.4 Å². The number of carbonyl (C=O) groups excluding carboxylic acids is 1. The molecule has 0 radical (unpaired) electrons. The minimum absolute atomic E-state index is 0.00591. The molecular weight excluding hydrogens is 283 g/mol. The molecule has 2 N–H and O–H groups in total. The fourth-order valence-electron chi connectivity index (χ4n) is 2.01. The fourth-order valence-corrected chi connectivity index (χ4v) is 3.11. The van der Waals surface area contributed by atoms with Crippen LogP contribution in [0.2, 0.25) is 0 Å². The Morgan fingerprint density at radius 2 is 2.30 bits per heavy atom. The third-order valence-electron chi connectivity index (χ3n) is 2.98. The van der Waals surface area contributed by atoms with E-state index in [0.29, 0.717) is 18.0 Å². The van der Waals surface area contributed by atoms with Gasteiger partial charge in [0.2, 0.25) is 5.91 Å². The largest absolute Gasteiger partial charge is 0.480 e. The molecule has 0 aromatic heterocycles. The summed E-state index contributed by atoms with van der Waals surface area (Å²) in [4.78, 5) is 24.6. The maximum atomic E-state index is 13.0. The molecule has 1 unspecified atom stereocenters. The van der Waals surface area contributed by atoms with Crippen LogP contribution in [0.3, 0.4) is 0 Å². The molecule has 7 heteroatoms. The van der Waals surface area contributed by atoms with Crippen LogP contribution in [0.5, 0.6) is 0 Å². The number of anilines is 1. The van der Waals surface area contributed by atoms with Gasteiger partial charge in [0.25, 0.3) is 0 Å². The van der Waals surface area contributed by atoms with E-state index < -0.39 is 17.8 Å². The number of carboxylic acids is 1. The second-order valence-electron chi connectivity index (χ2n) is 4.46. The summed E-state index contributed by atoms with van der Waals surface area (Å²) >= 11 is 1.56. The zero-order valence-corrected chi connectivity index (χ0v) is 11.5. The number of carboxylic acid groups (broad SMARTS) is 1. The Morgan fingerprint density at radius 3 is 3.00 bits per heavy atom. The van der Waals surface area contributed by atoms with E-state index >= 15 is 0 Å². The molecule has 1 aromatic rings. The van der Waals surface area contributed by atoms with E-state index in [4.69, 9.17) is 5.11 Å². The van der Waals surface area contributed by atoms with Gasteiger partial charge in [-0.15, -0.1) is 0 Å². The van der Waals surface area contributed by atoms with Crippen molar-refractivity contribution in [2.45, 2.75) is 6.04 Å². The Hall–Kier alpha value is -1.60. The number of rotatable bonds is 4. The highest BCUT2D eigenvalue weighted by Gasteiger charge is 2.30. The van der Waals surface area contributed by atoms with Gasteiger partial charge in [0.1, 0.15) is 11.9 Å². The van der Waals surface area contributed by atoms with Crippen molar-refractivity contribution in [2.75, 3.05) is 29.9 Å². The summed E-state index contributed by atoms with van der Waals surface area (Å²) in [7, 11) is 0. The first-order chi connectivity index (χ1) is 9.56. The van der Waals surface area contributed by atoms with Crippen LogP contribution in [-0.4, -0.2) is 52.5 Å². The molecular formula is C13H15FN2O3S. The number of amides is 1. The molecule has 20 heavy (non-hydrogen) atoms. The molecule has 1 aromatic carbocycles. The molecule has 1 aliphatic rings. The second kappa shape index (κ2) is 6.71. The van der Waals surface area contributed by atoms with E-state index in [1.807, 2.05) is 0 Å². The Labute approximate surface area is 120 Å². The van der Waals surface area contributed by atoms with Crippen LogP contribution in [0, 0.1) is 5.82 Å². The predicted octanol–water partition coefficient (Wildman–Crippen LogP) is 1.27. The number of aliphatic carboxylic acids is 1. The predicted molar refractivity (Wildman–Crippen MR) is 75.4 cm³/mol. The van der Waals surface area contributed by atoms with E-state index in [0.717, 1.165) is 5.75 Å². The number of nitrogens with zero attached hydrogens (tertiary/aromatic N) is 1. The average molecular weight is 298 g/mol. The molecule has 0 aliphatic carbocycles. The summed E-state index contributed by atoms with van der Waals surface area (Å²) < 4.78 is 13.0. The Balaban J connectivity index is 1.94. The lowest BCUT2D eigenvalue weighted by atomic mass is 10.2. The standard InChI is InChI=1S/C13H15FN2O3S/c14-9-2-1-3-10(6-9)15-12(17)7-16-4-5-20-8-11(16)13(18)19/h1-3,6,11H,4-5,7-8H2,(H,15,17)(H,18,19). The lowest BCUT2D eigenvalue weighted by molar-refractivity contribution is -0.142. The molecule has 1 atom stereocenters. The van der Waals surface area contributed by atoms with Crippen LogP contribution >= 0.6 is 11.8 Å². The molecule has 1 fully saturated rings. The average Bonchev–Trinajstić information content (AvgIpc) is 2.38. The Morgan fingerprint density at radius 1 is 1.50 bits per heavy atom. The van der Waals surface area contributed by atoms with Crippen LogP contribution in [0.15, 0.2) is 24.3 Å². The number of thioether (sulfide) groups is 1. The quantitative estimate of drug-likeness (QED) is 0.876. The maximum Gasteiger partial charge on any atom is 0.321 e. The van der Waals surface area contributed by atoms with Crippen molar-refractivity contribution in [1.29, 1.82) is 0 Å². The van der Waals surface area contributed by atoms with Crippen molar-refractivity contribution in [3.63, 3.8) is 0 Å². The number of benzene rings is 1. The normalized spacial score (nSPS) is 19.6. The summed E-state index contributed by atoms with van der Waals surface area (Å²) in [5.74, 6) is -0.412. The van der Waals surface area contributed by atoms with Gasteiger partial charge in [-0.3, -0.25) is 14.5 Å². The summed E-state index contributed by atoms with van der Waals surface area (Å²) in [6.45, 7) is 0.548. The third kappa shape index (κ3) is 3.94. The molecule has 1 aliphatic heterocycles. The lowest BCUT2D eigenvalue weighted by Gasteiger charge is -2.31. The van der Waals surface area contributed by atoms with Crippen molar-refractivity contribution in [3.8, 4) is 0 Å². The van der Waals surface area contributed by atoms with Crippen molar-refractivity contribution in [3.05, 3.63) is 30.1 Å². The van der Waals surface area contributed by atoms with E-state index in [1.54, 1.807) is 22.7 Å². The van der Waals surface area contributed by atoms with Crippen LogP contribution < -0.4 is 5.32 Å². The zero-order chi connectivity index (χ0) is 14.5. The van der Waals surface area contributed by atoms with Crippen molar-refractivity contribution in [1.82, 2.24) is 4.90 Å². The SMILES string of the molecule is O=C(CN1CCSCC1C(=O)O)Nc1cccc(F)c1. The van der Waals surface area contributed by atoms with Crippen molar-refractivity contribution < 1.29 is 19.1 Å². The van der Waals surface area contributed by atoms with Gasteiger partial charge in [-0.05, 0) is 18.2 Å². The van der Waals surface area contributed by atoms with Gasteiger partial charge in [-0.25, -0.2) is 4.39 Å². The van der Waals surface area contributed by atoms with Crippen molar-refractivity contribution in [2.24, 2.45) is 0 Å². The molecule has 1 amide bonds. The number of hydrogen-bond acceptors (Lipinski definition) is 4. The first kappa shape index (κ1) is 14.8. The number of halogens is 1. The topological polar surface area (TPSA) is 69.6 Å². The molecule has 1 heterocycles. The maximum absolute atomic E-state index is 13.0. The molecule has 1 saturated heterocycles. The minimum Gasteiger partial charge on any atom is -0.480 e. The van der Waals surface area contributed by atoms with E-state index in [2.05, 4.69) is 5.32 Å². The zero-order valence-electron chi connectivity index (χ0n) is 10.7. The lowest BCUT2D eigenvalue weighted by Crippen LogP contribution is -2.50. The summed E-state index contributed by atoms with van der Waals surface area (Å²) in [6.07, 6.45) is 0. The number of nitrogens with one attached hydrogen (secondary N) is 1. The van der Waals surface area contributed by atoms with Crippen molar-refractivity contribution >= 4 is 29.3 Å². The minimum atomic E-state index is -0.921. The number of hydrogen-bond donors (Lipinski definition) is 2. The van der Waals surface area contributed by atoms with Crippen LogP contribution in [0.25, 0.3) is 0 Å². The first-order valence-corrected chi connectivity index (χ1v) is 7.32. The monoisotopic (exact) mass is 298 g/mol. The summed E-state index contributed by atoms with van der Waals surface area (Å²) in [6, 6.07) is 4.95. The smallest absolute Gasteiger partial charge is 0.321 e. The molecule has 0 bridgehead atoms. The fraction of sp³-hybridized carbons (Fsp3) is 0.385. The van der Waals surface area contributed by atoms with Gasteiger partial charge in [0.15, 0.2) is 0 Å². The van der Waals surface area contributed by atoms with Gasteiger partial charge in [0.05, 0.1) is 6.54 Å². The van der Waals surface area contributed by atoms with Gasteiger partial charge in [-0.1, -0.05) is 6.07 Å². The highest BCUT2D eigenvalue weighted by Crippen LogP contribution is 2.17. The Kier molecular flexibility index (Phi) is 4.97. The summed E-state index contributed by atoms with van der Waals surface area (Å²) in [5.41, 5.74) is 0.369. The van der Waals surface area contributed by atoms with Gasteiger partial charge in [0, 0.05) is 23.7 Å². The molecule has 0 saturated carbocycles. The third-order valence-corrected chi connectivity index (χ3v) is 4.00. The van der Waals surface area contributed by atoms with Crippen LogP contribution in [0.4, 0.5) is 10.1 Å². The molecule has 108 valence electrons. The Bertz CT molecular complexity index is 512. The number of carbonyl (C=O) groups is 2. The highest BCUT2D eigenvalue weighted by molar-refractivity contribution is 7.99. The summed E-state index contributed by atoms with van der Waals surface area (Å²) in [5, 5.41) is 11.7. The van der Waals surface area contributed by atoms with Gasteiger partial charge in [-0.2, -0.15) is 11.8 Å². The second-order valence-corrected chi connectivity index (χ2v) is 5.61. The molecule has 0 spiro atoms. The highest BCUT2D eigenvalue weighted by atomic mass is 32.2. The van der Waals surface area contributed by atoms with Crippen LogP contribution in [-0.2, 0) is 9.59 Å². The first-order valence-electron chi connectivity index (χ1n) is 6.16. The van der Waals surface area contributed by atoms with E-state index in [-0.39, 0.29) is 12.5 Å². The molecule has 5 nitrogen and oxygen atoms in total. The van der Waals surface area contributed by atoms with Gasteiger partial charge >= 0.3 is 5.97 Å². The van der Waals surface area contributed by atoms with E-state index in [1.165, 1.54) is 18.2 Å². The van der Waals surface area contributed by atoms with E-state index in [9.17, 15) is 14.0 Å². The van der Waals surface area contributed by atoms with Crippen LogP contribution in [0.1, 0.15) is 0 Å². The molecule has 2 rings (SSSR count).